The molecule has 0 aliphatic carbocycles. The van der Waals surface area contributed by atoms with Crippen LogP contribution in [0.15, 0.2) is 60.8 Å². The standard InChI is InChI=1S/C49H77N5O10Si2/c1-18-23-61-47(58)44(55)43(30(2)3)51-45(56)35(11)52-53-37-21-19-36(20-22-37)28-62-48(59)50-40-26-42(64-66(31(4)5,32(6)7)33(8)9)41(60-15)25-39(40)46(57)54-27-34(10)24-38(54)29-63-65(16,17)49(12,13)14/h18-22,25-27,30-33,35,38,43,52-53H,1,23-24,28-29H2,2-17H3,(H,50,59)(H,51,56). The third-order valence-corrected chi connectivity index (χ3v) is 23.2. The molecule has 15 nitrogen and oxygen atoms in total. The Morgan fingerprint density at radius 1 is 0.894 bits per heavy atom. The molecule has 1 aliphatic rings. The number of hydrogen-bond acceptors (Lipinski definition) is 12. The maximum atomic E-state index is 14.7. The average molecular weight is 952 g/mol. The quantitative estimate of drug-likeness (QED) is 0.0272. The van der Waals surface area contributed by atoms with Gasteiger partial charge in [0, 0.05) is 18.0 Å². The molecule has 0 fully saturated rings. The van der Waals surface area contributed by atoms with Crippen LogP contribution in [0.3, 0.4) is 0 Å². The fourth-order valence-corrected chi connectivity index (χ4v) is 14.2. The molecule has 0 saturated carbocycles. The first-order valence-corrected chi connectivity index (χ1v) is 28.0. The Morgan fingerprint density at radius 3 is 2.03 bits per heavy atom. The van der Waals surface area contributed by atoms with Gasteiger partial charge < -0.3 is 38.7 Å². The molecule has 17 heteroatoms. The summed E-state index contributed by atoms with van der Waals surface area (Å²) in [6.45, 7) is 34.7. The third kappa shape index (κ3) is 14.0. The predicted octanol–water partition coefficient (Wildman–Crippen LogP) is 9.88. The van der Waals surface area contributed by atoms with Gasteiger partial charge >= 0.3 is 12.1 Å². The number of hydrogen-bond donors (Lipinski definition) is 4. The predicted molar refractivity (Wildman–Crippen MR) is 266 cm³/mol. The number of carbonyl (C=O) groups is 5. The van der Waals surface area contributed by atoms with Gasteiger partial charge in [0.15, 0.2) is 14.1 Å². The van der Waals surface area contributed by atoms with Crippen molar-refractivity contribution >= 4 is 57.7 Å². The van der Waals surface area contributed by atoms with Crippen LogP contribution in [-0.4, -0.2) is 89.6 Å². The second-order valence-electron chi connectivity index (χ2n) is 20.0. The minimum atomic E-state index is -2.52. The summed E-state index contributed by atoms with van der Waals surface area (Å²) in [6.07, 6.45) is 3.09. The van der Waals surface area contributed by atoms with Crippen LogP contribution in [-0.2, 0) is 34.9 Å². The summed E-state index contributed by atoms with van der Waals surface area (Å²) in [4.78, 5) is 67.8. The van der Waals surface area contributed by atoms with Gasteiger partial charge in [0.05, 0.1) is 31.0 Å². The molecule has 2 aromatic rings. The first-order valence-electron chi connectivity index (χ1n) is 22.9. The Hall–Kier alpha value is -4.98. The van der Waals surface area contributed by atoms with Gasteiger partial charge in [-0.15, -0.1) is 0 Å². The lowest BCUT2D eigenvalue weighted by molar-refractivity contribution is -0.154. The van der Waals surface area contributed by atoms with E-state index in [1.807, 2.05) is 13.1 Å². The molecular weight excluding hydrogens is 875 g/mol. The fourth-order valence-electron chi connectivity index (χ4n) is 7.90. The number of Topliss-reactive ketones (excluding diaryl/α,β-unsaturated/α-hetero) is 1. The van der Waals surface area contributed by atoms with Crippen molar-refractivity contribution in [2.75, 3.05) is 31.1 Å². The highest BCUT2D eigenvalue weighted by atomic mass is 28.4. The molecule has 3 rings (SSSR count). The molecule has 3 amide bonds. The topological polar surface area (TPSA) is 183 Å². The minimum Gasteiger partial charge on any atom is -0.540 e. The van der Waals surface area contributed by atoms with E-state index in [0.29, 0.717) is 35.8 Å². The molecule has 0 saturated heterocycles. The highest BCUT2D eigenvalue weighted by Gasteiger charge is 2.48. The van der Waals surface area contributed by atoms with Crippen molar-refractivity contribution in [3.8, 4) is 11.5 Å². The van der Waals surface area contributed by atoms with Crippen LogP contribution in [0.4, 0.5) is 16.2 Å². The van der Waals surface area contributed by atoms with Crippen molar-refractivity contribution in [1.82, 2.24) is 15.6 Å². The highest BCUT2D eigenvalue weighted by Crippen LogP contribution is 2.46. The molecule has 1 heterocycles. The van der Waals surface area contributed by atoms with E-state index in [1.165, 1.54) is 6.08 Å². The summed E-state index contributed by atoms with van der Waals surface area (Å²) >= 11 is 0. The van der Waals surface area contributed by atoms with Gasteiger partial charge in [-0.1, -0.05) is 107 Å². The van der Waals surface area contributed by atoms with E-state index >= 15 is 0 Å². The lowest BCUT2D eigenvalue weighted by Crippen LogP contribution is -2.53. The molecule has 0 radical (unpaired) electrons. The lowest BCUT2D eigenvalue weighted by atomic mass is 9.99. The summed E-state index contributed by atoms with van der Waals surface area (Å²) in [5.41, 5.74) is 9.33. The number of amides is 3. The summed E-state index contributed by atoms with van der Waals surface area (Å²) < 4.78 is 30.2. The number of benzene rings is 2. The number of nitrogens with one attached hydrogen (secondary N) is 4. The number of esters is 1. The van der Waals surface area contributed by atoms with Crippen LogP contribution in [0.5, 0.6) is 11.5 Å². The van der Waals surface area contributed by atoms with E-state index in [1.54, 1.807) is 69.2 Å². The van der Waals surface area contributed by atoms with Crippen LogP contribution >= 0.6 is 0 Å². The zero-order valence-electron chi connectivity index (χ0n) is 42.2. The molecular formula is C49H77N5O10Si2. The number of anilines is 2. The molecule has 0 bridgehead atoms. The van der Waals surface area contributed by atoms with Gasteiger partial charge in [0.1, 0.15) is 31.0 Å². The van der Waals surface area contributed by atoms with Gasteiger partial charge in [0.2, 0.25) is 5.91 Å². The van der Waals surface area contributed by atoms with Crippen molar-refractivity contribution in [3.63, 3.8) is 0 Å². The number of ether oxygens (including phenoxy) is 3. The third-order valence-electron chi connectivity index (χ3n) is 12.7. The van der Waals surface area contributed by atoms with E-state index in [-0.39, 0.29) is 64.0 Å². The van der Waals surface area contributed by atoms with Gasteiger partial charge in [0.25, 0.3) is 20.0 Å². The number of methoxy groups -OCH3 is 1. The lowest BCUT2D eigenvalue weighted by Gasteiger charge is -2.42. The minimum absolute atomic E-state index is 0.00655. The molecule has 0 aromatic heterocycles. The molecule has 366 valence electrons. The SMILES string of the molecule is C=CCOC(=O)C(=O)C(NC(=O)C(C)NNc1ccc(COC(=O)Nc2cc(O[Si](C(C)C)(C(C)C)C(C)C)c(OC)cc2C(=O)N2C=C(C)CC2CO[Si](C)(C)C(C)(C)C)cc1)C(C)C. The van der Waals surface area contributed by atoms with Crippen molar-refractivity contribution < 1.29 is 47.0 Å². The maximum Gasteiger partial charge on any atom is 0.411 e. The number of carbonyl (C=O) groups excluding carboxylic acids is 5. The monoisotopic (exact) mass is 952 g/mol. The van der Waals surface area contributed by atoms with Crippen molar-refractivity contribution in [2.24, 2.45) is 5.92 Å². The molecule has 0 spiro atoms. The zero-order chi connectivity index (χ0) is 49.9. The molecule has 3 atom stereocenters. The van der Waals surface area contributed by atoms with Crippen LogP contribution in [0.25, 0.3) is 0 Å². The Morgan fingerprint density at radius 2 is 1.50 bits per heavy atom. The largest absolute Gasteiger partial charge is 0.540 e. The van der Waals surface area contributed by atoms with Gasteiger partial charge in [-0.3, -0.25) is 19.7 Å². The molecule has 2 aromatic carbocycles. The highest BCUT2D eigenvalue weighted by molar-refractivity contribution is 6.78. The fraction of sp³-hybridized carbons (Fsp3) is 0.571. The van der Waals surface area contributed by atoms with Gasteiger partial charge in [-0.05, 0) is 84.7 Å². The second kappa shape index (κ2) is 23.7. The van der Waals surface area contributed by atoms with Crippen molar-refractivity contribution in [2.45, 2.75) is 156 Å². The number of nitrogens with zero attached hydrogens (tertiary/aromatic N) is 1. The van der Waals surface area contributed by atoms with Crippen LogP contribution in [0, 0.1) is 5.92 Å². The van der Waals surface area contributed by atoms with Crippen LogP contribution in [0.1, 0.15) is 112 Å². The van der Waals surface area contributed by atoms with E-state index in [2.05, 4.69) is 103 Å². The van der Waals surface area contributed by atoms with Crippen LogP contribution in [0.2, 0.25) is 34.8 Å². The molecule has 4 N–H and O–H groups in total. The zero-order valence-corrected chi connectivity index (χ0v) is 44.2. The first-order chi connectivity index (χ1) is 30.7. The van der Waals surface area contributed by atoms with E-state index < -0.39 is 52.5 Å². The van der Waals surface area contributed by atoms with Crippen molar-refractivity contribution in [3.05, 3.63) is 72.0 Å². The Labute approximate surface area is 395 Å². The summed E-state index contributed by atoms with van der Waals surface area (Å²) in [6, 6.07) is 8.19. The maximum absolute atomic E-state index is 14.7. The van der Waals surface area contributed by atoms with Crippen molar-refractivity contribution in [1.29, 1.82) is 0 Å². The Kier molecular flexibility index (Phi) is 19.8. The van der Waals surface area contributed by atoms with E-state index in [0.717, 1.165) is 5.57 Å². The molecule has 1 aliphatic heterocycles. The molecule has 66 heavy (non-hydrogen) atoms. The summed E-state index contributed by atoms with van der Waals surface area (Å²) in [5, 5.41) is 5.48. The Balaban J connectivity index is 1.84. The second-order valence-corrected chi connectivity index (χ2v) is 30.1. The smallest absolute Gasteiger partial charge is 0.411 e. The number of ketones is 1. The number of hydrazine groups is 1. The summed E-state index contributed by atoms with van der Waals surface area (Å²) in [5.74, 6) is -2.26. The van der Waals surface area contributed by atoms with Gasteiger partial charge in [-0.2, -0.15) is 0 Å². The van der Waals surface area contributed by atoms with Crippen LogP contribution < -0.4 is 30.6 Å². The van der Waals surface area contributed by atoms with Gasteiger partial charge in [-0.25, -0.2) is 15.0 Å². The first kappa shape index (κ1) is 55.4. The van der Waals surface area contributed by atoms with E-state index in [9.17, 15) is 24.0 Å². The average Bonchev–Trinajstić information content (AvgIpc) is 3.63. The summed E-state index contributed by atoms with van der Waals surface area (Å²) in [7, 11) is -3.10. The van der Waals surface area contributed by atoms with E-state index in [4.69, 9.17) is 23.1 Å². The molecule has 3 unspecified atom stereocenters. The number of rotatable bonds is 23. The normalized spacial score (nSPS) is 15.3. The Bertz CT molecular complexity index is 2040.